The van der Waals surface area contributed by atoms with Crippen molar-refractivity contribution in [3.63, 3.8) is 0 Å². The summed E-state index contributed by atoms with van der Waals surface area (Å²) in [5.74, 6) is 0.649. The van der Waals surface area contributed by atoms with Gasteiger partial charge in [0.2, 0.25) is 5.91 Å². The summed E-state index contributed by atoms with van der Waals surface area (Å²) < 4.78 is 2.01. The molecule has 0 saturated carbocycles. The largest absolute Gasteiger partial charge is 0.357 e. The number of hydrogen-bond donors (Lipinski definition) is 3. The molecule has 3 N–H and O–H groups in total. The third kappa shape index (κ3) is 7.42. The Bertz CT molecular complexity index is 846. The molecule has 1 aromatic heterocycles. The van der Waals surface area contributed by atoms with E-state index >= 15 is 0 Å². The molecule has 8 heteroatoms. The number of anilines is 1. The number of carbonyl (C=O) groups is 1. The van der Waals surface area contributed by atoms with Gasteiger partial charge in [-0.2, -0.15) is 5.10 Å². The topological polar surface area (TPSA) is 83.3 Å². The van der Waals surface area contributed by atoms with E-state index in [0.717, 1.165) is 42.1 Å². The monoisotopic (exact) mass is 418 g/mol. The average molecular weight is 419 g/mol. The van der Waals surface area contributed by atoms with Crippen LogP contribution in [0.1, 0.15) is 36.7 Å². The minimum Gasteiger partial charge on any atom is -0.357 e. The number of halogens is 1. The van der Waals surface area contributed by atoms with Crippen LogP contribution in [0.5, 0.6) is 0 Å². The van der Waals surface area contributed by atoms with Crippen molar-refractivity contribution < 1.29 is 4.79 Å². The molecule has 1 aromatic carbocycles. The maximum atomic E-state index is 12.2. The van der Waals surface area contributed by atoms with Crippen LogP contribution in [0.15, 0.2) is 29.3 Å². The van der Waals surface area contributed by atoms with E-state index < -0.39 is 0 Å². The molecule has 158 valence electrons. The van der Waals surface area contributed by atoms with Crippen molar-refractivity contribution >= 4 is 29.2 Å². The van der Waals surface area contributed by atoms with Crippen molar-refractivity contribution in [3.8, 4) is 0 Å². The number of benzene rings is 1. The summed E-state index contributed by atoms with van der Waals surface area (Å²) in [5.41, 5.74) is 3.81. The van der Waals surface area contributed by atoms with Gasteiger partial charge in [0.15, 0.2) is 5.96 Å². The van der Waals surface area contributed by atoms with Crippen LogP contribution in [0.4, 0.5) is 5.69 Å². The Morgan fingerprint density at radius 3 is 2.72 bits per heavy atom. The zero-order chi connectivity index (χ0) is 21.2. The van der Waals surface area contributed by atoms with E-state index in [1.807, 2.05) is 43.7 Å². The summed E-state index contributed by atoms with van der Waals surface area (Å²) in [4.78, 5) is 16.8. The molecule has 0 saturated heterocycles. The summed E-state index contributed by atoms with van der Waals surface area (Å²) in [6.07, 6.45) is 1.23. The Balaban J connectivity index is 1.76. The lowest BCUT2D eigenvalue weighted by atomic mass is 10.2. The fourth-order valence-corrected chi connectivity index (χ4v) is 3.08. The summed E-state index contributed by atoms with van der Waals surface area (Å²) in [7, 11) is 0. The number of hydrogen-bond acceptors (Lipinski definition) is 3. The number of rotatable bonds is 9. The second kappa shape index (κ2) is 11.5. The predicted octanol–water partition coefficient (Wildman–Crippen LogP) is 3.44. The van der Waals surface area contributed by atoms with Crippen LogP contribution in [0, 0.1) is 20.8 Å². The Morgan fingerprint density at radius 2 is 2.03 bits per heavy atom. The van der Waals surface area contributed by atoms with Gasteiger partial charge in [-0.15, -0.1) is 0 Å². The Morgan fingerprint density at radius 1 is 1.24 bits per heavy atom. The standard InChI is InChI=1S/C21H31ClN6O/c1-5-23-21(24-11-7-13-28-16(3)14-15(2)27-28)25-12-10-20(29)26-19-9-6-8-18(22)17(19)4/h6,8-9,14H,5,7,10-13H2,1-4H3,(H,26,29)(H2,23,24,25). The molecule has 0 fully saturated rings. The molecule has 2 rings (SSSR count). The molecule has 0 unspecified atom stereocenters. The van der Waals surface area contributed by atoms with Crippen molar-refractivity contribution in [2.75, 3.05) is 25.0 Å². The van der Waals surface area contributed by atoms with Crippen molar-refractivity contribution in [2.24, 2.45) is 4.99 Å². The molecule has 7 nitrogen and oxygen atoms in total. The normalized spacial score (nSPS) is 11.4. The minimum absolute atomic E-state index is 0.0664. The van der Waals surface area contributed by atoms with Gasteiger partial charge in [-0.05, 0) is 57.9 Å². The van der Waals surface area contributed by atoms with Crippen LogP contribution in [0.2, 0.25) is 5.02 Å². The second-order valence-corrected chi connectivity index (χ2v) is 7.31. The van der Waals surface area contributed by atoms with E-state index in [1.54, 1.807) is 0 Å². The highest BCUT2D eigenvalue weighted by Gasteiger charge is 2.07. The fraction of sp³-hybridized carbons (Fsp3) is 0.476. The molecule has 0 atom stereocenters. The van der Waals surface area contributed by atoms with Crippen molar-refractivity contribution in [1.82, 2.24) is 20.4 Å². The van der Waals surface area contributed by atoms with Gasteiger partial charge in [0.25, 0.3) is 0 Å². The molecule has 29 heavy (non-hydrogen) atoms. The van der Waals surface area contributed by atoms with Gasteiger partial charge in [-0.25, -0.2) is 0 Å². The molecule has 1 heterocycles. The lowest BCUT2D eigenvalue weighted by Crippen LogP contribution is -2.38. The number of aromatic nitrogens is 2. The number of amides is 1. The predicted molar refractivity (Wildman–Crippen MR) is 120 cm³/mol. The van der Waals surface area contributed by atoms with Gasteiger partial charge < -0.3 is 16.0 Å². The highest BCUT2D eigenvalue weighted by atomic mass is 35.5. The van der Waals surface area contributed by atoms with Gasteiger partial charge in [-0.3, -0.25) is 14.5 Å². The molecule has 0 aliphatic carbocycles. The van der Waals surface area contributed by atoms with E-state index in [1.165, 1.54) is 0 Å². The van der Waals surface area contributed by atoms with Crippen LogP contribution in [-0.2, 0) is 11.3 Å². The average Bonchev–Trinajstić information content (AvgIpc) is 2.99. The maximum absolute atomic E-state index is 12.2. The first-order valence-corrected chi connectivity index (χ1v) is 10.4. The van der Waals surface area contributed by atoms with Gasteiger partial charge >= 0.3 is 0 Å². The van der Waals surface area contributed by atoms with E-state index in [4.69, 9.17) is 11.6 Å². The summed E-state index contributed by atoms with van der Waals surface area (Å²) >= 11 is 6.09. The zero-order valence-corrected chi connectivity index (χ0v) is 18.4. The molecular weight excluding hydrogens is 388 g/mol. The molecular formula is C21H31ClN6O. The summed E-state index contributed by atoms with van der Waals surface area (Å²) in [6, 6.07) is 7.55. The van der Waals surface area contributed by atoms with E-state index in [2.05, 4.69) is 39.0 Å². The van der Waals surface area contributed by atoms with Crippen LogP contribution >= 0.6 is 11.6 Å². The second-order valence-electron chi connectivity index (χ2n) is 6.90. The Hall–Kier alpha value is -2.54. The minimum atomic E-state index is -0.0664. The van der Waals surface area contributed by atoms with Crippen LogP contribution in [-0.4, -0.2) is 41.3 Å². The number of nitrogens with zero attached hydrogens (tertiary/aromatic N) is 3. The molecule has 1 amide bonds. The molecule has 0 bridgehead atoms. The highest BCUT2D eigenvalue weighted by Crippen LogP contribution is 2.22. The zero-order valence-electron chi connectivity index (χ0n) is 17.7. The molecule has 0 aliphatic rings. The SMILES string of the molecule is CCNC(=NCCCn1nc(C)cc1C)NCCC(=O)Nc1cccc(Cl)c1C. The van der Waals surface area contributed by atoms with Crippen LogP contribution in [0.25, 0.3) is 0 Å². The first-order valence-electron chi connectivity index (χ1n) is 9.99. The van der Waals surface area contributed by atoms with E-state index in [-0.39, 0.29) is 5.91 Å². The lowest BCUT2D eigenvalue weighted by Gasteiger charge is -2.12. The first kappa shape index (κ1) is 22.7. The quantitative estimate of drug-likeness (QED) is 0.331. The summed E-state index contributed by atoms with van der Waals surface area (Å²) in [5, 5.41) is 14.4. The van der Waals surface area contributed by atoms with E-state index in [0.29, 0.717) is 30.5 Å². The van der Waals surface area contributed by atoms with Crippen molar-refractivity contribution in [1.29, 1.82) is 0 Å². The maximum Gasteiger partial charge on any atom is 0.226 e. The number of nitrogens with one attached hydrogen (secondary N) is 3. The van der Waals surface area contributed by atoms with Crippen molar-refractivity contribution in [3.05, 3.63) is 46.2 Å². The molecule has 2 aromatic rings. The smallest absolute Gasteiger partial charge is 0.226 e. The Kier molecular flexibility index (Phi) is 8.99. The van der Waals surface area contributed by atoms with E-state index in [9.17, 15) is 4.79 Å². The molecule has 0 spiro atoms. The third-order valence-corrected chi connectivity index (χ3v) is 4.84. The number of guanidine groups is 1. The first-order chi connectivity index (χ1) is 13.9. The Labute approximate surface area is 177 Å². The van der Waals surface area contributed by atoms with Gasteiger partial charge in [-0.1, -0.05) is 17.7 Å². The lowest BCUT2D eigenvalue weighted by molar-refractivity contribution is -0.116. The number of carbonyl (C=O) groups excluding carboxylic acids is 1. The van der Waals surface area contributed by atoms with Gasteiger partial charge in [0, 0.05) is 49.0 Å². The molecule has 0 radical (unpaired) electrons. The fourth-order valence-electron chi connectivity index (χ4n) is 2.90. The third-order valence-electron chi connectivity index (χ3n) is 4.43. The summed E-state index contributed by atoms with van der Waals surface area (Å²) in [6.45, 7) is 10.7. The number of aryl methyl sites for hydroxylation is 3. The van der Waals surface area contributed by atoms with Crippen molar-refractivity contribution in [2.45, 2.75) is 47.1 Å². The van der Waals surface area contributed by atoms with Crippen LogP contribution in [0.3, 0.4) is 0 Å². The van der Waals surface area contributed by atoms with Gasteiger partial charge in [0.1, 0.15) is 0 Å². The number of aliphatic imine (C=N–C) groups is 1. The van der Waals surface area contributed by atoms with Gasteiger partial charge in [0.05, 0.1) is 5.69 Å². The highest BCUT2D eigenvalue weighted by molar-refractivity contribution is 6.31. The van der Waals surface area contributed by atoms with Crippen LogP contribution < -0.4 is 16.0 Å². The molecule has 0 aliphatic heterocycles.